The molecule has 2 heterocycles. The minimum atomic E-state index is -0.952. The number of fused-ring (bicyclic) bond motifs is 1. The molecule has 0 aliphatic carbocycles. The molecule has 0 unspecified atom stereocenters. The van der Waals surface area contributed by atoms with Crippen LogP contribution in [0, 0.1) is 11.6 Å². The van der Waals surface area contributed by atoms with Crippen LogP contribution in [-0.4, -0.2) is 45.4 Å². The molecule has 1 aliphatic heterocycles. The van der Waals surface area contributed by atoms with Crippen molar-refractivity contribution in [2.75, 3.05) is 18.4 Å². The van der Waals surface area contributed by atoms with Crippen LogP contribution < -0.4 is 16.4 Å². The predicted octanol–water partition coefficient (Wildman–Crippen LogP) is 3.94. The third-order valence-electron chi connectivity index (χ3n) is 6.31. The Hall–Kier alpha value is -3.79. The number of anilines is 2. The molecule has 0 spiro atoms. The first kappa shape index (κ1) is 26.3. The Morgan fingerprint density at radius 3 is 2.59 bits per heavy atom. The number of unbranched alkanes of at least 4 members (excludes halogenated alkanes) is 2. The SMILES string of the molecule is CCCCCNC(=O)C[C@H](N)C(=O)N1CCn2c(nc(-c3cccc(F)c3)c2Nc2ccc(F)cc2)C1. The molecule has 10 heteroatoms. The van der Waals surface area contributed by atoms with Crippen LogP contribution in [0.5, 0.6) is 0 Å². The molecule has 0 saturated heterocycles. The van der Waals surface area contributed by atoms with Crippen LogP contribution in [-0.2, 0) is 22.7 Å². The van der Waals surface area contributed by atoms with Crippen molar-refractivity contribution >= 4 is 23.3 Å². The fourth-order valence-electron chi connectivity index (χ4n) is 4.35. The zero-order chi connectivity index (χ0) is 26.4. The second-order valence-corrected chi connectivity index (χ2v) is 9.15. The lowest BCUT2D eigenvalue weighted by Crippen LogP contribution is -2.48. The third kappa shape index (κ3) is 6.51. The molecule has 0 bridgehead atoms. The van der Waals surface area contributed by atoms with E-state index in [0.717, 1.165) is 19.3 Å². The number of nitrogens with zero attached hydrogens (tertiary/aromatic N) is 3. The van der Waals surface area contributed by atoms with Crippen LogP contribution in [0.1, 0.15) is 38.4 Å². The Balaban J connectivity index is 1.52. The van der Waals surface area contributed by atoms with E-state index in [1.54, 1.807) is 29.2 Å². The molecule has 196 valence electrons. The van der Waals surface area contributed by atoms with Crippen LogP contribution in [0.15, 0.2) is 48.5 Å². The van der Waals surface area contributed by atoms with Gasteiger partial charge in [0.1, 0.15) is 29.0 Å². The molecule has 0 saturated carbocycles. The summed E-state index contributed by atoms with van der Waals surface area (Å²) < 4.78 is 29.4. The zero-order valence-corrected chi connectivity index (χ0v) is 20.8. The number of nitrogens with two attached hydrogens (primary N) is 1. The van der Waals surface area contributed by atoms with Gasteiger partial charge in [-0.05, 0) is 42.8 Å². The van der Waals surface area contributed by atoms with Gasteiger partial charge in [-0.1, -0.05) is 31.9 Å². The molecule has 2 aromatic carbocycles. The van der Waals surface area contributed by atoms with Crippen LogP contribution in [0.25, 0.3) is 11.3 Å². The van der Waals surface area contributed by atoms with Gasteiger partial charge in [0.25, 0.3) is 0 Å². The quantitative estimate of drug-likeness (QED) is 0.359. The Bertz CT molecular complexity index is 1240. The van der Waals surface area contributed by atoms with Gasteiger partial charge in [0.05, 0.1) is 19.0 Å². The first-order chi connectivity index (χ1) is 17.9. The lowest BCUT2D eigenvalue weighted by molar-refractivity contribution is -0.136. The molecule has 3 aromatic rings. The highest BCUT2D eigenvalue weighted by Gasteiger charge is 2.30. The number of halogens is 2. The predicted molar refractivity (Wildman–Crippen MR) is 138 cm³/mol. The molecule has 4 rings (SSSR count). The zero-order valence-electron chi connectivity index (χ0n) is 20.8. The largest absolute Gasteiger partial charge is 0.356 e. The van der Waals surface area contributed by atoms with E-state index in [9.17, 15) is 18.4 Å². The molecular weight excluding hydrogens is 478 g/mol. The van der Waals surface area contributed by atoms with Crippen LogP contribution in [0.4, 0.5) is 20.3 Å². The number of hydrogen-bond donors (Lipinski definition) is 3. The van der Waals surface area contributed by atoms with Gasteiger partial charge in [0.2, 0.25) is 11.8 Å². The van der Waals surface area contributed by atoms with E-state index in [0.29, 0.717) is 48.2 Å². The molecule has 1 aliphatic rings. The number of benzene rings is 2. The van der Waals surface area contributed by atoms with Crippen LogP contribution >= 0.6 is 0 Å². The molecule has 0 radical (unpaired) electrons. The van der Waals surface area contributed by atoms with Crippen molar-refractivity contribution in [3.63, 3.8) is 0 Å². The van der Waals surface area contributed by atoms with Crippen molar-refractivity contribution in [2.24, 2.45) is 5.73 Å². The normalized spacial score (nSPS) is 13.7. The summed E-state index contributed by atoms with van der Waals surface area (Å²) in [5, 5.41) is 6.09. The van der Waals surface area contributed by atoms with E-state index in [4.69, 9.17) is 10.7 Å². The van der Waals surface area contributed by atoms with Crippen molar-refractivity contribution in [3.05, 3.63) is 66.0 Å². The highest BCUT2D eigenvalue weighted by molar-refractivity contribution is 5.88. The highest BCUT2D eigenvalue weighted by Crippen LogP contribution is 2.33. The third-order valence-corrected chi connectivity index (χ3v) is 6.31. The number of carbonyl (C=O) groups is 2. The second-order valence-electron chi connectivity index (χ2n) is 9.15. The maximum atomic E-state index is 14.0. The van der Waals surface area contributed by atoms with Gasteiger partial charge < -0.3 is 25.8 Å². The minimum absolute atomic E-state index is 0.0815. The number of hydrogen-bond acceptors (Lipinski definition) is 5. The number of carbonyl (C=O) groups excluding carboxylic acids is 2. The maximum Gasteiger partial charge on any atom is 0.240 e. The van der Waals surface area contributed by atoms with Gasteiger partial charge in [0.15, 0.2) is 0 Å². The number of amides is 2. The van der Waals surface area contributed by atoms with Gasteiger partial charge in [-0.15, -0.1) is 0 Å². The summed E-state index contributed by atoms with van der Waals surface area (Å²) in [6, 6.07) is 11.1. The van der Waals surface area contributed by atoms with Gasteiger partial charge in [-0.2, -0.15) is 0 Å². The molecule has 37 heavy (non-hydrogen) atoms. The number of rotatable bonds is 10. The molecule has 1 atom stereocenters. The van der Waals surface area contributed by atoms with E-state index >= 15 is 0 Å². The first-order valence-electron chi connectivity index (χ1n) is 12.5. The molecule has 2 amide bonds. The smallest absolute Gasteiger partial charge is 0.240 e. The monoisotopic (exact) mass is 510 g/mol. The molecule has 8 nitrogen and oxygen atoms in total. The summed E-state index contributed by atoms with van der Waals surface area (Å²) >= 11 is 0. The average molecular weight is 511 g/mol. The van der Waals surface area contributed by atoms with E-state index in [1.165, 1.54) is 24.3 Å². The molecule has 4 N–H and O–H groups in total. The number of nitrogens with one attached hydrogen (secondary N) is 2. The van der Waals surface area contributed by atoms with Crippen LogP contribution in [0.3, 0.4) is 0 Å². The standard InChI is InChI=1S/C27H32F2N6O2/c1-2-3-4-12-31-24(36)16-22(30)27(37)34-13-14-35-23(17-34)33-25(18-6-5-7-20(29)15-18)26(35)32-21-10-8-19(28)9-11-21/h5-11,15,22,32H,2-4,12-14,16-17,30H2,1H3,(H,31,36)/t22-/m0/s1. The van der Waals surface area contributed by atoms with Gasteiger partial charge >= 0.3 is 0 Å². The summed E-state index contributed by atoms with van der Waals surface area (Å²) in [5.74, 6) is -0.0963. The lowest BCUT2D eigenvalue weighted by atomic mass is 10.1. The summed E-state index contributed by atoms with van der Waals surface area (Å²) in [4.78, 5) is 31.5. The summed E-state index contributed by atoms with van der Waals surface area (Å²) in [6.45, 7) is 3.64. The summed E-state index contributed by atoms with van der Waals surface area (Å²) in [7, 11) is 0. The first-order valence-corrected chi connectivity index (χ1v) is 12.5. The highest BCUT2D eigenvalue weighted by atomic mass is 19.1. The maximum absolute atomic E-state index is 14.0. The lowest BCUT2D eigenvalue weighted by Gasteiger charge is -2.30. The van der Waals surface area contributed by atoms with Crippen LogP contribution in [0.2, 0.25) is 0 Å². The fraction of sp³-hybridized carbons (Fsp3) is 0.370. The van der Waals surface area contributed by atoms with Gasteiger partial charge in [-0.25, -0.2) is 13.8 Å². The number of aromatic nitrogens is 2. The average Bonchev–Trinajstić information content (AvgIpc) is 3.25. The number of imidazole rings is 1. The Morgan fingerprint density at radius 1 is 1.08 bits per heavy atom. The van der Waals surface area contributed by atoms with Crippen molar-refractivity contribution in [3.8, 4) is 11.3 Å². The second kappa shape index (κ2) is 12.0. The summed E-state index contributed by atoms with van der Waals surface area (Å²) in [5.41, 5.74) is 7.83. The molecule has 0 fully saturated rings. The summed E-state index contributed by atoms with van der Waals surface area (Å²) in [6.07, 6.45) is 2.89. The van der Waals surface area contributed by atoms with E-state index in [-0.39, 0.29) is 30.6 Å². The Kier molecular flexibility index (Phi) is 8.50. The molecule has 1 aromatic heterocycles. The van der Waals surface area contributed by atoms with Crippen molar-refractivity contribution in [2.45, 2.75) is 51.7 Å². The van der Waals surface area contributed by atoms with Gasteiger partial charge in [0, 0.05) is 30.9 Å². The molecular formula is C27H32F2N6O2. The van der Waals surface area contributed by atoms with Crippen molar-refractivity contribution < 1.29 is 18.4 Å². The van der Waals surface area contributed by atoms with E-state index in [1.807, 2.05) is 4.57 Å². The van der Waals surface area contributed by atoms with Crippen molar-refractivity contribution in [1.29, 1.82) is 0 Å². The Labute approximate surface area is 214 Å². The minimum Gasteiger partial charge on any atom is -0.356 e. The van der Waals surface area contributed by atoms with Gasteiger partial charge in [-0.3, -0.25) is 9.59 Å². The van der Waals surface area contributed by atoms with E-state index < -0.39 is 11.9 Å². The fourth-order valence-corrected chi connectivity index (χ4v) is 4.35. The Morgan fingerprint density at radius 2 is 1.86 bits per heavy atom. The van der Waals surface area contributed by atoms with E-state index in [2.05, 4.69) is 17.6 Å². The topological polar surface area (TPSA) is 105 Å². The van der Waals surface area contributed by atoms with Crippen molar-refractivity contribution in [1.82, 2.24) is 19.8 Å².